The summed E-state index contributed by atoms with van der Waals surface area (Å²) < 4.78 is 41.4. The third-order valence-corrected chi connectivity index (χ3v) is 3.76. The Balaban J connectivity index is 0.000000956. The number of halogens is 3. The quantitative estimate of drug-likeness (QED) is 0.383. The van der Waals surface area contributed by atoms with Crippen molar-refractivity contribution in [1.82, 2.24) is 10.2 Å². The number of rotatable bonds is 8. The Hall–Kier alpha value is -2.81. The summed E-state index contributed by atoms with van der Waals surface area (Å²) in [5.74, 6) is -3.73. The molecule has 1 aromatic rings. The summed E-state index contributed by atoms with van der Waals surface area (Å²) in [6, 6.07) is 7.64. The first kappa shape index (κ1) is 26.2. The summed E-state index contributed by atoms with van der Waals surface area (Å²) in [6.07, 6.45) is -3.73. The standard InChI is InChI=1S/C14H12F3NO4.C6H15N/c1-22-11(14(15,16)17)8-7-10(13(20)21)18-12(19)9-5-3-2-4-6-9;1-4-7(5-2)6-3/h2-8H,1H3,(H,18,19)(H,20,21);4-6H2,1-3H3/b10-7+,11-8-;. The van der Waals surface area contributed by atoms with E-state index in [1.165, 1.54) is 31.8 Å². The van der Waals surface area contributed by atoms with Gasteiger partial charge >= 0.3 is 12.1 Å². The highest BCUT2D eigenvalue weighted by molar-refractivity contribution is 6.00. The first-order chi connectivity index (χ1) is 13.6. The average Bonchev–Trinajstić information content (AvgIpc) is 2.68. The van der Waals surface area contributed by atoms with E-state index < -0.39 is 29.5 Å². The predicted octanol–water partition coefficient (Wildman–Crippen LogP) is 3.83. The minimum Gasteiger partial charge on any atom is -0.492 e. The number of carboxylic acid groups (broad SMARTS) is 1. The summed E-state index contributed by atoms with van der Waals surface area (Å²) >= 11 is 0. The highest BCUT2D eigenvalue weighted by Crippen LogP contribution is 2.25. The molecular formula is C20H27F3N2O4. The lowest BCUT2D eigenvalue weighted by atomic mass is 10.2. The van der Waals surface area contributed by atoms with E-state index in [-0.39, 0.29) is 5.56 Å². The molecular weight excluding hydrogens is 389 g/mol. The summed E-state index contributed by atoms with van der Waals surface area (Å²) in [6.45, 7) is 10.1. The molecule has 6 nitrogen and oxygen atoms in total. The number of hydrogen-bond acceptors (Lipinski definition) is 4. The van der Waals surface area contributed by atoms with Crippen molar-refractivity contribution in [3.05, 3.63) is 59.5 Å². The third-order valence-electron chi connectivity index (χ3n) is 3.76. The van der Waals surface area contributed by atoms with Gasteiger partial charge < -0.3 is 20.1 Å². The maximum absolute atomic E-state index is 12.4. The van der Waals surface area contributed by atoms with Crippen LogP contribution in [0.15, 0.2) is 53.9 Å². The lowest BCUT2D eigenvalue weighted by Gasteiger charge is -2.13. The number of allylic oxidation sites excluding steroid dienone is 3. The van der Waals surface area contributed by atoms with Crippen molar-refractivity contribution in [3.8, 4) is 0 Å². The smallest absolute Gasteiger partial charge is 0.448 e. The van der Waals surface area contributed by atoms with E-state index in [0.717, 1.165) is 7.11 Å². The van der Waals surface area contributed by atoms with Crippen LogP contribution in [0.25, 0.3) is 0 Å². The second-order valence-electron chi connectivity index (χ2n) is 5.56. The Morgan fingerprint density at radius 3 is 1.93 bits per heavy atom. The second kappa shape index (κ2) is 13.4. The highest BCUT2D eigenvalue weighted by atomic mass is 19.4. The zero-order valence-corrected chi connectivity index (χ0v) is 16.9. The molecule has 1 aromatic carbocycles. The number of hydrogen-bond donors (Lipinski definition) is 2. The molecule has 0 radical (unpaired) electrons. The first-order valence-corrected chi connectivity index (χ1v) is 8.95. The van der Waals surface area contributed by atoms with Crippen LogP contribution in [0.2, 0.25) is 0 Å². The van der Waals surface area contributed by atoms with E-state index in [1.54, 1.807) is 18.2 Å². The lowest BCUT2D eigenvalue weighted by molar-refractivity contribution is -0.133. The third kappa shape index (κ3) is 10.3. The summed E-state index contributed by atoms with van der Waals surface area (Å²) in [7, 11) is 0.802. The molecule has 0 saturated carbocycles. The van der Waals surface area contributed by atoms with E-state index in [9.17, 15) is 22.8 Å². The van der Waals surface area contributed by atoms with Crippen LogP contribution >= 0.6 is 0 Å². The van der Waals surface area contributed by atoms with Crippen molar-refractivity contribution in [2.45, 2.75) is 26.9 Å². The Labute approximate surface area is 168 Å². The Bertz CT molecular complexity index is 692. The maximum Gasteiger partial charge on any atom is 0.448 e. The molecule has 29 heavy (non-hydrogen) atoms. The van der Waals surface area contributed by atoms with E-state index in [4.69, 9.17) is 5.11 Å². The fraction of sp³-hybridized carbons (Fsp3) is 0.400. The molecule has 0 aliphatic heterocycles. The van der Waals surface area contributed by atoms with Gasteiger partial charge in [-0.2, -0.15) is 13.2 Å². The molecule has 0 aliphatic carbocycles. The van der Waals surface area contributed by atoms with E-state index in [0.29, 0.717) is 12.2 Å². The van der Waals surface area contributed by atoms with Gasteiger partial charge in [-0.3, -0.25) is 4.79 Å². The number of methoxy groups -OCH3 is 1. The topological polar surface area (TPSA) is 78.9 Å². The number of aliphatic carboxylic acids is 1. The lowest BCUT2D eigenvalue weighted by Crippen LogP contribution is -2.27. The number of carbonyl (C=O) groups excluding carboxylic acids is 1. The molecule has 0 saturated heterocycles. The van der Waals surface area contributed by atoms with Gasteiger partial charge in [0.2, 0.25) is 5.76 Å². The number of nitrogens with one attached hydrogen (secondary N) is 1. The monoisotopic (exact) mass is 416 g/mol. The molecule has 1 amide bonds. The molecule has 0 unspecified atom stereocenters. The molecule has 162 valence electrons. The number of benzene rings is 1. The number of nitrogens with zero attached hydrogens (tertiary/aromatic N) is 1. The van der Waals surface area contributed by atoms with Crippen molar-refractivity contribution in [3.63, 3.8) is 0 Å². The Morgan fingerprint density at radius 2 is 1.59 bits per heavy atom. The van der Waals surface area contributed by atoms with Crippen molar-refractivity contribution < 1.29 is 32.6 Å². The molecule has 1 rings (SSSR count). The highest BCUT2D eigenvalue weighted by Gasteiger charge is 2.34. The van der Waals surface area contributed by atoms with Gasteiger partial charge in [0.15, 0.2) is 0 Å². The number of carbonyl (C=O) groups is 2. The number of alkyl halides is 3. The zero-order valence-electron chi connectivity index (χ0n) is 16.9. The molecule has 0 heterocycles. The van der Waals surface area contributed by atoms with Crippen molar-refractivity contribution in [1.29, 1.82) is 0 Å². The van der Waals surface area contributed by atoms with Crippen LogP contribution in [0.4, 0.5) is 13.2 Å². The molecule has 0 fully saturated rings. The van der Waals surface area contributed by atoms with Crippen LogP contribution in [0, 0.1) is 0 Å². The van der Waals surface area contributed by atoms with Gasteiger partial charge in [-0.1, -0.05) is 39.0 Å². The Kier molecular flexibility index (Phi) is 12.1. The fourth-order valence-corrected chi connectivity index (χ4v) is 2.06. The molecule has 2 N–H and O–H groups in total. The summed E-state index contributed by atoms with van der Waals surface area (Å²) in [4.78, 5) is 25.1. The van der Waals surface area contributed by atoms with Crippen LogP contribution in [0.1, 0.15) is 31.1 Å². The summed E-state index contributed by atoms with van der Waals surface area (Å²) in [5, 5.41) is 10.9. The average molecular weight is 416 g/mol. The van der Waals surface area contributed by atoms with Crippen molar-refractivity contribution in [2.75, 3.05) is 26.7 Å². The largest absolute Gasteiger partial charge is 0.492 e. The normalized spacial score (nSPS) is 12.1. The van der Waals surface area contributed by atoms with Crippen LogP contribution in [0.3, 0.4) is 0 Å². The number of amides is 1. The number of ether oxygens (including phenoxy) is 1. The van der Waals surface area contributed by atoms with E-state index >= 15 is 0 Å². The van der Waals surface area contributed by atoms with Gasteiger partial charge in [0.05, 0.1) is 7.11 Å². The van der Waals surface area contributed by atoms with Crippen molar-refractivity contribution >= 4 is 11.9 Å². The molecule has 0 spiro atoms. The van der Waals surface area contributed by atoms with E-state index in [2.05, 4.69) is 30.4 Å². The molecule has 9 heteroatoms. The van der Waals surface area contributed by atoms with Gasteiger partial charge in [0, 0.05) is 5.56 Å². The SMILES string of the molecule is CCN(CC)CC.CO/C(=C\C=C(\NC(=O)c1ccccc1)C(=O)O)C(F)(F)F. The summed E-state index contributed by atoms with van der Waals surface area (Å²) in [5.41, 5.74) is -0.547. The predicted molar refractivity (Wildman–Crippen MR) is 104 cm³/mol. The van der Waals surface area contributed by atoms with Gasteiger partial charge in [-0.15, -0.1) is 0 Å². The van der Waals surface area contributed by atoms with Crippen LogP contribution in [-0.2, 0) is 9.53 Å². The number of carboxylic acids is 1. The van der Waals surface area contributed by atoms with Crippen molar-refractivity contribution in [2.24, 2.45) is 0 Å². The second-order valence-corrected chi connectivity index (χ2v) is 5.56. The zero-order chi connectivity index (χ0) is 22.4. The fourth-order valence-electron chi connectivity index (χ4n) is 2.06. The minimum atomic E-state index is -4.77. The maximum atomic E-state index is 12.4. The van der Waals surface area contributed by atoms with Gasteiger partial charge in [0.25, 0.3) is 5.91 Å². The molecule has 0 aliphatic rings. The van der Waals surface area contributed by atoms with Gasteiger partial charge in [-0.25, -0.2) is 4.79 Å². The molecule has 0 aromatic heterocycles. The van der Waals surface area contributed by atoms with Crippen LogP contribution < -0.4 is 5.32 Å². The van der Waals surface area contributed by atoms with Crippen LogP contribution in [-0.4, -0.2) is 54.8 Å². The first-order valence-electron chi connectivity index (χ1n) is 8.95. The van der Waals surface area contributed by atoms with Gasteiger partial charge in [-0.05, 0) is 43.9 Å². The van der Waals surface area contributed by atoms with E-state index in [1.807, 2.05) is 5.32 Å². The van der Waals surface area contributed by atoms with Gasteiger partial charge in [0.1, 0.15) is 5.70 Å². The molecule has 0 bridgehead atoms. The molecule has 0 atom stereocenters. The minimum absolute atomic E-state index is 0.168. The van der Waals surface area contributed by atoms with Crippen LogP contribution in [0.5, 0.6) is 0 Å². The Morgan fingerprint density at radius 1 is 1.07 bits per heavy atom.